The van der Waals surface area contributed by atoms with Crippen molar-refractivity contribution >= 4 is 115 Å². The van der Waals surface area contributed by atoms with Crippen molar-refractivity contribution in [2.24, 2.45) is 0 Å². The van der Waals surface area contributed by atoms with Crippen molar-refractivity contribution in [2.45, 2.75) is 19.3 Å². The lowest BCUT2D eigenvalue weighted by molar-refractivity contribution is -0.505. The predicted octanol–water partition coefficient (Wildman–Crippen LogP) is 32.3. The van der Waals surface area contributed by atoms with Crippen LogP contribution in [0.25, 0.3) is 239 Å². The number of rotatable bonds is 12. The van der Waals surface area contributed by atoms with Gasteiger partial charge in [0.1, 0.15) is 11.2 Å². The standard InChI is InChI=1S/C49H32N5.C43H31N3.C36H23NO/c1-3-14-33(15-4-1)35-18-13-19-38(30-35)53-43-22-9-7-20-39(43)41-31-36(25-27-45(41)53)37-26-28-46-42(32-37)40-21-8-10-23-44(40)54(46)49-50-47-24-11-12-29-52(47)48(51-49)34-16-5-2-6-17-34;1-43(2)36-19-11-9-17-32(36)34-26-41-35(25-37(34)43)33-18-10-12-20-40(33)46(41)31-23-21-29(22-24-31)39-27-38(28-13-5-3-6-14-28)44-42(45-39)30-15-7-4-8-16-30;1-3-11-24(12-4-1)26-21-27(25-13-5-2-6-14-25)23-28(22-26)37-32-17-9-7-16-31(32)35-33(37)20-19-30-29-15-8-10-18-34(29)38-36(30)35/h1-32H;3-27H,1-2H3;1-23H/q+1;;. The molecular formula is C128H86N9O+. The van der Waals surface area contributed by atoms with E-state index in [1.807, 2.05) is 72.9 Å². The van der Waals surface area contributed by atoms with E-state index in [1.54, 1.807) is 0 Å². The molecule has 28 rings (SSSR count). The van der Waals surface area contributed by atoms with Crippen molar-refractivity contribution in [3.63, 3.8) is 0 Å². The first-order chi connectivity index (χ1) is 68.2. The summed E-state index contributed by atoms with van der Waals surface area (Å²) in [6, 6.07) is 170. The molecule has 27 aromatic rings. The second kappa shape index (κ2) is 33.2. The highest BCUT2D eigenvalue weighted by Crippen LogP contribution is 2.52. The van der Waals surface area contributed by atoms with Crippen LogP contribution in [0, 0.1) is 0 Å². The maximum absolute atomic E-state index is 6.50. The van der Waals surface area contributed by atoms with Crippen molar-refractivity contribution in [1.29, 1.82) is 0 Å². The number of fused-ring (bicyclic) bond motifs is 20. The van der Waals surface area contributed by atoms with Gasteiger partial charge in [0.05, 0.1) is 72.7 Å². The van der Waals surface area contributed by atoms with E-state index in [2.05, 4.69) is 449 Å². The van der Waals surface area contributed by atoms with Crippen LogP contribution in [0.2, 0.25) is 0 Å². The lowest BCUT2D eigenvalue weighted by Crippen LogP contribution is -2.28. The van der Waals surface area contributed by atoms with Gasteiger partial charge in [-0.15, -0.1) is 0 Å². The Morgan fingerprint density at radius 2 is 0.667 bits per heavy atom. The number of para-hydroxylation sites is 5. The Hall–Kier alpha value is -18.3. The number of furan rings is 1. The Morgan fingerprint density at radius 3 is 1.28 bits per heavy atom. The molecule has 0 radical (unpaired) electrons. The van der Waals surface area contributed by atoms with Gasteiger partial charge in [-0.3, -0.25) is 0 Å². The predicted molar refractivity (Wildman–Crippen MR) is 569 cm³/mol. The van der Waals surface area contributed by atoms with Gasteiger partial charge in [-0.05, 0) is 222 Å². The summed E-state index contributed by atoms with van der Waals surface area (Å²) in [5.41, 5.74) is 36.3. The molecular weight excluding hydrogens is 1680 g/mol. The van der Waals surface area contributed by atoms with E-state index in [-0.39, 0.29) is 5.41 Å². The molecule has 648 valence electrons. The van der Waals surface area contributed by atoms with Gasteiger partial charge in [0.2, 0.25) is 0 Å². The minimum atomic E-state index is -0.0419. The lowest BCUT2D eigenvalue weighted by Gasteiger charge is -2.21. The van der Waals surface area contributed by atoms with Gasteiger partial charge < -0.3 is 18.1 Å². The van der Waals surface area contributed by atoms with Gasteiger partial charge in [0, 0.05) is 93.7 Å². The molecule has 0 unspecified atom stereocenters. The van der Waals surface area contributed by atoms with Gasteiger partial charge in [-0.2, -0.15) is 4.40 Å². The smallest absolute Gasteiger partial charge is 0.387 e. The zero-order valence-corrected chi connectivity index (χ0v) is 75.6. The molecule has 0 aliphatic heterocycles. The Morgan fingerprint density at radius 1 is 0.232 bits per heavy atom. The fourth-order valence-electron chi connectivity index (χ4n) is 21.3. The molecule has 10 nitrogen and oxygen atoms in total. The molecule has 0 fully saturated rings. The second-order valence-corrected chi connectivity index (χ2v) is 36.2. The van der Waals surface area contributed by atoms with Crippen LogP contribution in [-0.4, -0.2) is 38.2 Å². The zero-order chi connectivity index (χ0) is 91.5. The summed E-state index contributed by atoms with van der Waals surface area (Å²) in [6.45, 7) is 4.70. The summed E-state index contributed by atoms with van der Waals surface area (Å²) in [5.74, 6) is 2.21. The van der Waals surface area contributed by atoms with Crippen LogP contribution in [0.1, 0.15) is 25.0 Å². The summed E-state index contributed by atoms with van der Waals surface area (Å²) in [5, 5.41) is 12.0. The normalized spacial score (nSPS) is 12.2. The van der Waals surface area contributed by atoms with Gasteiger partial charge in [0.15, 0.2) is 5.82 Å². The molecule has 0 spiro atoms. The van der Waals surface area contributed by atoms with E-state index in [9.17, 15) is 0 Å². The molecule has 0 saturated carbocycles. The monoisotopic (exact) mass is 1760 g/mol. The molecule has 0 N–H and O–H groups in total. The number of nitrogens with zero attached hydrogens (tertiary/aromatic N) is 9. The average molecular weight is 1770 g/mol. The molecule has 8 heterocycles. The minimum Gasteiger partial charge on any atom is -0.455 e. The van der Waals surface area contributed by atoms with Crippen molar-refractivity contribution in [3.05, 3.63) is 497 Å². The number of pyridine rings is 1. The van der Waals surface area contributed by atoms with Crippen LogP contribution in [0.15, 0.2) is 490 Å². The summed E-state index contributed by atoms with van der Waals surface area (Å²) >= 11 is 0. The van der Waals surface area contributed by atoms with Crippen LogP contribution in [0.5, 0.6) is 0 Å². The quantitative estimate of drug-likeness (QED) is 0.114. The Kier molecular flexibility index (Phi) is 19.4. The topological polar surface area (TPSA) is 88.5 Å². The van der Waals surface area contributed by atoms with E-state index in [1.165, 1.54) is 116 Å². The van der Waals surface area contributed by atoms with Crippen LogP contribution in [0.4, 0.5) is 0 Å². The van der Waals surface area contributed by atoms with Crippen LogP contribution in [0.3, 0.4) is 0 Å². The highest BCUT2D eigenvalue weighted by Gasteiger charge is 2.37. The molecule has 0 saturated heterocycles. The molecule has 19 aromatic carbocycles. The van der Waals surface area contributed by atoms with Crippen LogP contribution in [-0.2, 0) is 5.41 Å². The van der Waals surface area contributed by atoms with Crippen molar-refractivity contribution < 1.29 is 8.82 Å². The first-order valence-corrected chi connectivity index (χ1v) is 47.0. The average Bonchev–Trinajstić information content (AvgIpc) is 1.55. The van der Waals surface area contributed by atoms with Crippen molar-refractivity contribution in [2.75, 3.05) is 0 Å². The molecule has 1 aliphatic rings. The van der Waals surface area contributed by atoms with Gasteiger partial charge in [0.25, 0.3) is 11.5 Å². The summed E-state index contributed by atoms with van der Waals surface area (Å²) in [6.07, 6.45) is 2.02. The second-order valence-electron chi connectivity index (χ2n) is 36.2. The fourth-order valence-corrected chi connectivity index (χ4v) is 21.3. The van der Waals surface area contributed by atoms with Crippen LogP contribution >= 0.6 is 0 Å². The Labute approximate surface area is 796 Å². The Balaban J connectivity index is 0.000000109. The molecule has 0 atom stereocenters. The van der Waals surface area contributed by atoms with E-state index in [0.29, 0.717) is 5.95 Å². The highest BCUT2D eigenvalue weighted by molar-refractivity contribution is 6.24. The largest absolute Gasteiger partial charge is 0.455 e. The summed E-state index contributed by atoms with van der Waals surface area (Å²) in [7, 11) is 0. The molecule has 10 heteroatoms. The van der Waals surface area contributed by atoms with E-state index < -0.39 is 0 Å². The number of hydrogen-bond acceptors (Lipinski definition) is 5. The van der Waals surface area contributed by atoms with E-state index in [4.69, 9.17) is 24.4 Å². The SMILES string of the molecule is CC1(C)c2ccccc2-c2cc3c(cc21)c1ccccc1n3-c1ccc(-c2cc(-c3ccccc3)nc(-c3ccccc3)n2)cc1.c1ccc(-c2cc(-c3ccccc3)cc(-n3c4ccccc4c4c5oc6ccccc6c5ccc43)c2)cc1.c1ccc(-c2cccc(-n3c4ccccc4c4cc(-c5ccc6c(c5)c5ccccc5n6-c5nc(-c6ccccc6)[n+]6ccccc6n5)ccc43)c2)cc1. The molecule has 1 aliphatic carbocycles. The number of benzene rings is 19. The summed E-state index contributed by atoms with van der Waals surface area (Å²) < 4.78 is 17.9. The van der Waals surface area contributed by atoms with Gasteiger partial charge in [-0.25, -0.2) is 14.5 Å². The van der Waals surface area contributed by atoms with Crippen molar-refractivity contribution in [3.8, 4) is 124 Å². The molecule has 0 amide bonds. The van der Waals surface area contributed by atoms with Gasteiger partial charge >= 0.3 is 5.95 Å². The van der Waals surface area contributed by atoms with Gasteiger partial charge in [-0.1, -0.05) is 341 Å². The summed E-state index contributed by atoms with van der Waals surface area (Å²) in [4.78, 5) is 20.3. The molecule has 0 bridgehead atoms. The molecule has 138 heavy (non-hydrogen) atoms. The lowest BCUT2D eigenvalue weighted by atomic mass is 9.82. The maximum atomic E-state index is 6.50. The zero-order valence-electron chi connectivity index (χ0n) is 75.6. The first kappa shape index (κ1) is 80.6. The third-order valence-corrected chi connectivity index (χ3v) is 27.8. The number of aromatic nitrogens is 9. The van der Waals surface area contributed by atoms with Crippen molar-refractivity contribution in [1.82, 2.24) is 38.2 Å². The Bertz CT molecular complexity index is 9350. The third kappa shape index (κ3) is 13.7. The highest BCUT2D eigenvalue weighted by atomic mass is 16.3. The van der Waals surface area contributed by atoms with E-state index in [0.717, 1.165) is 128 Å². The maximum Gasteiger partial charge on any atom is 0.387 e. The third-order valence-electron chi connectivity index (χ3n) is 27.8. The molecule has 8 aromatic heterocycles. The minimum absolute atomic E-state index is 0.0419. The van der Waals surface area contributed by atoms with Crippen LogP contribution < -0.4 is 4.40 Å². The fraction of sp³-hybridized carbons (Fsp3) is 0.0234. The van der Waals surface area contributed by atoms with E-state index >= 15 is 0 Å². The first-order valence-electron chi connectivity index (χ1n) is 47.0. The number of hydrogen-bond donors (Lipinski definition) is 0.